The van der Waals surface area contributed by atoms with Gasteiger partial charge >= 0.3 is 0 Å². The quantitative estimate of drug-likeness (QED) is 0.761. The first-order valence-corrected chi connectivity index (χ1v) is 6.34. The van der Waals surface area contributed by atoms with Gasteiger partial charge in [-0.15, -0.1) is 11.6 Å². The van der Waals surface area contributed by atoms with Crippen LogP contribution in [0.1, 0.15) is 25.3 Å². The van der Waals surface area contributed by atoms with Gasteiger partial charge in [-0.2, -0.15) is 0 Å². The standard InChI is InChI=1S/C13H18ClNO2/c1-2-8-17-12-5-3-4-11(9-12)10-15-13(16)6-7-14/h3-5,9H,2,6-8,10H2,1H3,(H,15,16). The molecule has 0 radical (unpaired) electrons. The van der Waals surface area contributed by atoms with Gasteiger partial charge in [-0.1, -0.05) is 19.1 Å². The van der Waals surface area contributed by atoms with Gasteiger partial charge in [0.1, 0.15) is 5.75 Å². The van der Waals surface area contributed by atoms with Crippen molar-refractivity contribution in [1.29, 1.82) is 0 Å². The summed E-state index contributed by atoms with van der Waals surface area (Å²) >= 11 is 5.48. The molecule has 0 saturated heterocycles. The Labute approximate surface area is 107 Å². The highest BCUT2D eigenvalue weighted by molar-refractivity contribution is 6.18. The van der Waals surface area contributed by atoms with Gasteiger partial charge in [0.25, 0.3) is 0 Å². The van der Waals surface area contributed by atoms with Crippen molar-refractivity contribution >= 4 is 17.5 Å². The monoisotopic (exact) mass is 255 g/mol. The van der Waals surface area contributed by atoms with Crippen molar-refractivity contribution in [3.63, 3.8) is 0 Å². The SMILES string of the molecule is CCCOc1cccc(CNC(=O)CCCl)c1. The largest absolute Gasteiger partial charge is 0.494 e. The van der Waals surface area contributed by atoms with Crippen LogP contribution in [0, 0.1) is 0 Å². The van der Waals surface area contributed by atoms with E-state index in [9.17, 15) is 4.79 Å². The third kappa shape index (κ3) is 5.59. The van der Waals surface area contributed by atoms with Crippen molar-refractivity contribution in [3.8, 4) is 5.75 Å². The first-order valence-electron chi connectivity index (χ1n) is 5.80. The van der Waals surface area contributed by atoms with Crippen LogP contribution in [-0.4, -0.2) is 18.4 Å². The topological polar surface area (TPSA) is 38.3 Å². The zero-order valence-electron chi connectivity index (χ0n) is 10.0. The zero-order valence-corrected chi connectivity index (χ0v) is 10.8. The van der Waals surface area contributed by atoms with Gasteiger partial charge < -0.3 is 10.1 Å². The van der Waals surface area contributed by atoms with Crippen LogP contribution in [-0.2, 0) is 11.3 Å². The van der Waals surface area contributed by atoms with E-state index in [1.807, 2.05) is 24.3 Å². The predicted molar refractivity (Wildman–Crippen MR) is 69.4 cm³/mol. The number of nitrogens with one attached hydrogen (secondary N) is 1. The molecule has 0 aliphatic rings. The van der Waals surface area contributed by atoms with E-state index in [2.05, 4.69) is 12.2 Å². The predicted octanol–water partition coefficient (Wildman–Crippen LogP) is 2.72. The number of rotatable bonds is 7. The molecule has 1 rings (SSSR count). The van der Waals surface area contributed by atoms with Gasteiger partial charge in [-0.25, -0.2) is 0 Å². The van der Waals surface area contributed by atoms with E-state index in [4.69, 9.17) is 16.3 Å². The van der Waals surface area contributed by atoms with Gasteiger partial charge in [0, 0.05) is 18.8 Å². The summed E-state index contributed by atoms with van der Waals surface area (Å²) in [5, 5.41) is 2.80. The zero-order chi connectivity index (χ0) is 12.5. The van der Waals surface area contributed by atoms with E-state index in [1.165, 1.54) is 0 Å². The molecule has 0 unspecified atom stereocenters. The summed E-state index contributed by atoms with van der Waals surface area (Å²) < 4.78 is 5.52. The van der Waals surface area contributed by atoms with Crippen molar-refractivity contribution in [2.45, 2.75) is 26.3 Å². The number of ether oxygens (including phenoxy) is 1. The Balaban J connectivity index is 2.45. The second-order valence-corrected chi connectivity index (χ2v) is 4.09. The lowest BCUT2D eigenvalue weighted by Gasteiger charge is -2.08. The fourth-order valence-electron chi connectivity index (χ4n) is 1.34. The second-order valence-electron chi connectivity index (χ2n) is 3.71. The van der Waals surface area contributed by atoms with Crippen molar-refractivity contribution < 1.29 is 9.53 Å². The summed E-state index contributed by atoms with van der Waals surface area (Å²) in [6.07, 6.45) is 1.34. The third-order valence-electron chi connectivity index (χ3n) is 2.18. The van der Waals surface area contributed by atoms with E-state index in [1.54, 1.807) is 0 Å². The summed E-state index contributed by atoms with van der Waals surface area (Å²) in [6, 6.07) is 7.74. The lowest BCUT2D eigenvalue weighted by atomic mass is 10.2. The number of alkyl halides is 1. The Hall–Kier alpha value is -1.22. The minimum Gasteiger partial charge on any atom is -0.494 e. The molecule has 0 aliphatic carbocycles. The van der Waals surface area contributed by atoms with E-state index < -0.39 is 0 Å². The first kappa shape index (κ1) is 13.8. The number of carbonyl (C=O) groups excluding carboxylic acids is 1. The highest BCUT2D eigenvalue weighted by Crippen LogP contribution is 2.13. The Bertz CT molecular complexity index is 355. The molecule has 0 bridgehead atoms. The summed E-state index contributed by atoms with van der Waals surface area (Å²) in [5.41, 5.74) is 1.03. The fraction of sp³-hybridized carbons (Fsp3) is 0.462. The van der Waals surface area contributed by atoms with E-state index in [-0.39, 0.29) is 5.91 Å². The molecule has 4 heteroatoms. The maximum atomic E-state index is 11.2. The molecule has 0 aliphatic heterocycles. The molecular weight excluding hydrogens is 238 g/mol. The summed E-state index contributed by atoms with van der Waals surface area (Å²) in [5.74, 6) is 1.17. The third-order valence-corrected chi connectivity index (χ3v) is 2.37. The molecule has 0 atom stereocenters. The average Bonchev–Trinajstić information content (AvgIpc) is 2.35. The van der Waals surface area contributed by atoms with Crippen LogP contribution >= 0.6 is 11.6 Å². The van der Waals surface area contributed by atoms with Crippen LogP contribution in [0.15, 0.2) is 24.3 Å². The van der Waals surface area contributed by atoms with Crippen LogP contribution < -0.4 is 10.1 Å². The smallest absolute Gasteiger partial charge is 0.221 e. The maximum Gasteiger partial charge on any atom is 0.221 e. The molecule has 0 aromatic heterocycles. The molecule has 17 heavy (non-hydrogen) atoms. The highest BCUT2D eigenvalue weighted by Gasteiger charge is 2.01. The number of carbonyl (C=O) groups is 1. The first-order chi connectivity index (χ1) is 8.26. The Morgan fingerprint density at radius 2 is 2.29 bits per heavy atom. The van der Waals surface area contributed by atoms with E-state index in [0.717, 1.165) is 17.7 Å². The lowest BCUT2D eigenvalue weighted by molar-refractivity contribution is -0.120. The molecule has 1 amide bonds. The molecule has 1 N–H and O–H groups in total. The Morgan fingerprint density at radius 3 is 3.00 bits per heavy atom. The van der Waals surface area contributed by atoms with Gasteiger partial charge in [-0.3, -0.25) is 4.79 Å². The van der Waals surface area contributed by atoms with Crippen LogP contribution in [0.5, 0.6) is 5.75 Å². The number of halogens is 1. The number of benzene rings is 1. The molecule has 3 nitrogen and oxygen atoms in total. The summed E-state index contributed by atoms with van der Waals surface area (Å²) in [7, 11) is 0. The van der Waals surface area contributed by atoms with Crippen LogP contribution in [0.4, 0.5) is 0 Å². The van der Waals surface area contributed by atoms with Crippen molar-refractivity contribution in [2.75, 3.05) is 12.5 Å². The van der Waals surface area contributed by atoms with Crippen LogP contribution in [0.2, 0.25) is 0 Å². The summed E-state index contributed by atoms with van der Waals surface area (Å²) in [4.78, 5) is 11.2. The normalized spacial score (nSPS) is 10.0. The second kappa shape index (κ2) is 7.96. The number of hydrogen-bond donors (Lipinski definition) is 1. The van der Waals surface area contributed by atoms with Gasteiger partial charge in [-0.05, 0) is 24.1 Å². The van der Waals surface area contributed by atoms with Gasteiger partial charge in [0.15, 0.2) is 0 Å². The van der Waals surface area contributed by atoms with E-state index >= 15 is 0 Å². The van der Waals surface area contributed by atoms with Gasteiger partial charge in [0.05, 0.1) is 6.61 Å². The molecule has 0 saturated carbocycles. The molecule has 0 heterocycles. The molecular formula is C13H18ClNO2. The molecule has 1 aromatic carbocycles. The Kier molecular flexibility index (Phi) is 6.48. The lowest BCUT2D eigenvalue weighted by Crippen LogP contribution is -2.22. The maximum absolute atomic E-state index is 11.2. The molecule has 1 aromatic rings. The molecule has 94 valence electrons. The Morgan fingerprint density at radius 1 is 1.47 bits per heavy atom. The van der Waals surface area contributed by atoms with Crippen molar-refractivity contribution in [1.82, 2.24) is 5.32 Å². The fourth-order valence-corrected chi connectivity index (χ4v) is 1.51. The van der Waals surface area contributed by atoms with Crippen LogP contribution in [0.3, 0.4) is 0 Å². The highest BCUT2D eigenvalue weighted by atomic mass is 35.5. The average molecular weight is 256 g/mol. The number of amides is 1. The van der Waals surface area contributed by atoms with Crippen LogP contribution in [0.25, 0.3) is 0 Å². The minimum absolute atomic E-state index is 0.0279. The molecule has 0 fully saturated rings. The molecule has 0 spiro atoms. The minimum atomic E-state index is -0.0279. The van der Waals surface area contributed by atoms with E-state index in [0.29, 0.717) is 25.5 Å². The van der Waals surface area contributed by atoms with Gasteiger partial charge in [0.2, 0.25) is 5.91 Å². The van der Waals surface area contributed by atoms with Crippen molar-refractivity contribution in [2.24, 2.45) is 0 Å². The van der Waals surface area contributed by atoms with Crippen molar-refractivity contribution in [3.05, 3.63) is 29.8 Å². The summed E-state index contributed by atoms with van der Waals surface area (Å²) in [6.45, 7) is 3.29. The number of hydrogen-bond acceptors (Lipinski definition) is 2.